The van der Waals surface area contributed by atoms with Gasteiger partial charge in [0.05, 0.1) is 5.02 Å². The third-order valence-electron chi connectivity index (χ3n) is 4.95. The molecule has 1 aliphatic rings. The molecule has 0 bridgehead atoms. The van der Waals surface area contributed by atoms with Crippen LogP contribution in [0.25, 0.3) is 11.4 Å². The summed E-state index contributed by atoms with van der Waals surface area (Å²) in [5, 5.41) is 0.113. The van der Waals surface area contributed by atoms with Gasteiger partial charge in [-0.3, -0.25) is 0 Å². The number of hydrogen-bond acceptors (Lipinski definition) is 2. The second kappa shape index (κ2) is 7.89. The normalized spacial score (nSPS) is 20.8. The van der Waals surface area contributed by atoms with E-state index < -0.39 is 5.82 Å². The highest BCUT2D eigenvalue weighted by molar-refractivity contribution is 6.30. The lowest BCUT2D eigenvalue weighted by atomic mass is 9.80. The Kier molecular flexibility index (Phi) is 5.62. The first-order valence-corrected chi connectivity index (χ1v) is 8.92. The zero-order valence-electron chi connectivity index (χ0n) is 13.7. The number of allylic oxidation sites excluding steroid dienone is 1. The quantitative estimate of drug-likeness (QED) is 0.635. The highest BCUT2D eigenvalue weighted by atomic mass is 35.5. The van der Waals surface area contributed by atoms with Gasteiger partial charge in [0.15, 0.2) is 5.82 Å². The van der Waals surface area contributed by atoms with Crippen LogP contribution in [0.15, 0.2) is 43.2 Å². The maximum absolute atomic E-state index is 13.5. The molecule has 0 amide bonds. The number of nitrogens with zero attached hydrogens (tertiary/aromatic N) is 2. The van der Waals surface area contributed by atoms with Gasteiger partial charge in [0.2, 0.25) is 0 Å². The Morgan fingerprint density at radius 2 is 1.88 bits per heavy atom. The molecular formula is C20H22ClFN2. The van der Waals surface area contributed by atoms with Crippen LogP contribution in [0.3, 0.4) is 0 Å². The van der Waals surface area contributed by atoms with E-state index in [1.165, 1.54) is 44.2 Å². The Morgan fingerprint density at radius 3 is 2.50 bits per heavy atom. The van der Waals surface area contributed by atoms with Crippen LogP contribution in [-0.4, -0.2) is 9.97 Å². The molecule has 0 saturated heterocycles. The van der Waals surface area contributed by atoms with Crippen LogP contribution in [0.1, 0.15) is 37.7 Å². The van der Waals surface area contributed by atoms with Crippen molar-refractivity contribution in [2.45, 2.75) is 38.5 Å². The lowest BCUT2D eigenvalue weighted by molar-refractivity contribution is 0.296. The molecule has 2 nitrogen and oxygen atoms in total. The molecule has 0 aliphatic heterocycles. The molecule has 0 N–H and O–H groups in total. The maximum atomic E-state index is 13.5. The highest BCUT2D eigenvalue weighted by Gasteiger charge is 2.19. The smallest absolute Gasteiger partial charge is 0.159 e. The van der Waals surface area contributed by atoms with Crippen molar-refractivity contribution in [2.75, 3.05) is 0 Å². The molecule has 1 aliphatic carbocycles. The predicted octanol–water partition coefficient (Wildman–Crippen LogP) is 5.86. The summed E-state index contributed by atoms with van der Waals surface area (Å²) in [5.74, 6) is 1.59. The van der Waals surface area contributed by atoms with E-state index in [0.29, 0.717) is 17.3 Å². The summed E-state index contributed by atoms with van der Waals surface area (Å²) in [5.41, 5.74) is 1.78. The lowest BCUT2D eigenvalue weighted by Crippen LogP contribution is -2.13. The summed E-state index contributed by atoms with van der Waals surface area (Å²) in [7, 11) is 0. The van der Waals surface area contributed by atoms with E-state index in [-0.39, 0.29) is 5.02 Å². The van der Waals surface area contributed by atoms with Gasteiger partial charge in [0.1, 0.15) is 5.82 Å². The van der Waals surface area contributed by atoms with Crippen LogP contribution in [0.2, 0.25) is 5.02 Å². The lowest BCUT2D eigenvalue weighted by Gasteiger charge is -2.26. The van der Waals surface area contributed by atoms with Crippen LogP contribution in [-0.2, 0) is 6.42 Å². The molecule has 1 aromatic heterocycles. The second-order valence-electron chi connectivity index (χ2n) is 6.60. The first kappa shape index (κ1) is 17.1. The predicted molar refractivity (Wildman–Crippen MR) is 96.4 cm³/mol. The van der Waals surface area contributed by atoms with Crippen molar-refractivity contribution < 1.29 is 4.39 Å². The number of aromatic nitrogens is 2. The van der Waals surface area contributed by atoms with Gasteiger partial charge in [0.25, 0.3) is 0 Å². The number of rotatable bonds is 5. The van der Waals surface area contributed by atoms with E-state index >= 15 is 0 Å². The molecule has 1 heterocycles. The number of aryl methyl sites for hydroxylation is 1. The maximum Gasteiger partial charge on any atom is 0.159 e. The average molecular weight is 345 g/mol. The fourth-order valence-electron chi connectivity index (χ4n) is 3.35. The topological polar surface area (TPSA) is 25.8 Å². The molecule has 3 rings (SSSR count). The zero-order valence-corrected chi connectivity index (χ0v) is 14.5. The molecule has 0 atom stereocenters. The SMILES string of the molecule is C=C[C@H]1CC[C@H](CCc2cnc(-c3ccc(Cl)c(F)c3)nc2)CC1. The average Bonchev–Trinajstić information content (AvgIpc) is 2.63. The Bertz CT molecular complexity index is 691. The van der Waals surface area contributed by atoms with Gasteiger partial charge in [-0.25, -0.2) is 14.4 Å². The van der Waals surface area contributed by atoms with Gasteiger partial charge >= 0.3 is 0 Å². The van der Waals surface area contributed by atoms with E-state index in [9.17, 15) is 4.39 Å². The first-order valence-electron chi connectivity index (χ1n) is 8.54. The summed E-state index contributed by atoms with van der Waals surface area (Å²) < 4.78 is 13.5. The second-order valence-corrected chi connectivity index (χ2v) is 7.01. The fraction of sp³-hybridized carbons (Fsp3) is 0.400. The van der Waals surface area contributed by atoms with Crippen LogP contribution >= 0.6 is 11.6 Å². The van der Waals surface area contributed by atoms with Gasteiger partial charge < -0.3 is 0 Å². The molecule has 0 spiro atoms. The van der Waals surface area contributed by atoms with Gasteiger partial charge in [0, 0.05) is 18.0 Å². The Hall–Kier alpha value is -1.74. The zero-order chi connectivity index (χ0) is 16.9. The minimum atomic E-state index is -0.447. The number of benzene rings is 1. The molecule has 1 aromatic carbocycles. The Balaban J connectivity index is 1.57. The van der Waals surface area contributed by atoms with Crippen LogP contribution in [0, 0.1) is 17.7 Å². The largest absolute Gasteiger partial charge is 0.236 e. The standard InChI is InChI=1S/C20H22ClFN2/c1-2-14-3-5-15(6-4-14)7-8-16-12-23-20(24-13-16)17-9-10-18(21)19(22)11-17/h2,9-15H,1,3-8H2/t14-,15-. The highest BCUT2D eigenvalue weighted by Crippen LogP contribution is 2.32. The van der Waals surface area contributed by atoms with E-state index in [0.717, 1.165) is 17.9 Å². The van der Waals surface area contributed by atoms with Crippen molar-refractivity contribution in [1.82, 2.24) is 9.97 Å². The summed E-state index contributed by atoms with van der Waals surface area (Å²) in [6.45, 7) is 3.90. The molecule has 2 aromatic rings. The van der Waals surface area contributed by atoms with Gasteiger partial charge in [-0.1, -0.05) is 17.7 Å². The monoisotopic (exact) mass is 344 g/mol. The number of halogens is 2. The van der Waals surface area contributed by atoms with E-state index in [4.69, 9.17) is 11.6 Å². The molecule has 0 unspecified atom stereocenters. The fourth-order valence-corrected chi connectivity index (χ4v) is 3.47. The minimum Gasteiger partial charge on any atom is -0.236 e. The van der Waals surface area contributed by atoms with E-state index in [1.807, 2.05) is 12.4 Å². The van der Waals surface area contributed by atoms with Crippen molar-refractivity contribution in [1.29, 1.82) is 0 Å². The van der Waals surface area contributed by atoms with Crippen molar-refractivity contribution in [2.24, 2.45) is 11.8 Å². The molecule has 1 saturated carbocycles. The molecule has 126 valence electrons. The summed E-state index contributed by atoms with van der Waals surface area (Å²) >= 11 is 5.71. The van der Waals surface area contributed by atoms with E-state index in [2.05, 4.69) is 22.6 Å². The van der Waals surface area contributed by atoms with Gasteiger partial charge in [-0.05, 0) is 74.1 Å². The first-order chi connectivity index (χ1) is 11.7. The van der Waals surface area contributed by atoms with Crippen molar-refractivity contribution in [3.8, 4) is 11.4 Å². The minimum absolute atomic E-state index is 0.113. The molecule has 4 heteroatoms. The summed E-state index contributed by atoms with van der Waals surface area (Å²) in [6.07, 6.45) is 13.1. The van der Waals surface area contributed by atoms with E-state index in [1.54, 1.807) is 6.07 Å². The molecular weight excluding hydrogens is 323 g/mol. The molecule has 1 fully saturated rings. The van der Waals surface area contributed by atoms with Crippen molar-refractivity contribution in [3.63, 3.8) is 0 Å². The van der Waals surface area contributed by atoms with Crippen molar-refractivity contribution in [3.05, 3.63) is 59.7 Å². The molecule has 0 radical (unpaired) electrons. The number of hydrogen-bond donors (Lipinski definition) is 0. The third-order valence-corrected chi connectivity index (χ3v) is 5.26. The Morgan fingerprint density at radius 1 is 1.17 bits per heavy atom. The van der Waals surface area contributed by atoms with Gasteiger partial charge in [-0.2, -0.15) is 0 Å². The van der Waals surface area contributed by atoms with Crippen LogP contribution in [0.4, 0.5) is 4.39 Å². The van der Waals surface area contributed by atoms with Crippen molar-refractivity contribution >= 4 is 11.6 Å². The summed E-state index contributed by atoms with van der Waals surface area (Å²) in [6, 6.07) is 4.64. The summed E-state index contributed by atoms with van der Waals surface area (Å²) in [4.78, 5) is 8.75. The third kappa shape index (κ3) is 4.21. The van der Waals surface area contributed by atoms with Crippen LogP contribution in [0.5, 0.6) is 0 Å². The van der Waals surface area contributed by atoms with Gasteiger partial charge in [-0.15, -0.1) is 6.58 Å². The van der Waals surface area contributed by atoms with Crippen LogP contribution < -0.4 is 0 Å². The molecule has 24 heavy (non-hydrogen) atoms. The Labute approximate surface area is 147 Å².